The van der Waals surface area contributed by atoms with Crippen molar-refractivity contribution in [3.63, 3.8) is 0 Å². The minimum absolute atomic E-state index is 0.0117. The van der Waals surface area contributed by atoms with E-state index in [2.05, 4.69) is 5.10 Å². The summed E-state index contributed by atoms with van der Waals surface area (Å²) in [6, 6.07) is 2.27. The van der Waals surface area contributed by atoms with Crippen molar-refractivity contribution in [1.82, 2.24) is 14.7 Å². The molecule has 1 aliphatic carbocycles. The Kier molecular flexibility index (Phi) is 4.98. The van der Waals surface area contributed by atoms with Gasteiger partial charge in [0.2, 0.25) is 0 Å². The Labute approximate surface area is 153 Å². The van der Waals surface area contributed by atoms with Crippen molar-refractivity contribution in [3.8, 4) is 0 Å². The molecule has 4 rings (SSSR count). The molecule has 1 saturated carbocycles. The first-order valence-electron chi connectivity index (χ1n) is 9.82. The van der Waals surface area contributed by atoms with Crippen molar-refractivity contribution < 1.29 is 19.4 Å². The number of hydrogen-bond acceptors (Lipinski definition) is 4. The fraction of sp³-hybridized carbons (Fsp3) is 0.737. The number of aliphatic carboxylic acids is 1. The largest absolute Gasteiger partial charge is 0.481 e. The van der Waals surface area contributed by atoms with Gasteiger partial charge in [0.25, 0.3) is 5.91 Å². The Bertz CT molecular complexity index is 659. The summed E-state index contributed by atoms with van der Waals surface area (Å²) in [6.07, 6.45) is 8.68. The second-order valence-corrected chi connectivity index (χ2v) is 7.82. The summed E-state index contributed by atoms with van der Waals surface area (Å²) in [5.74, 6) is -0.950. The van der Waals surface area contributed by atoms with Crippen LogP contribution in [0.2, 0.25) is 0 Å². The number of carboxylic acids is 1. The van der Waals surface area contributed by atoms with Gasteiger partial charge in [-0.2, -0.15) is 5.10 Å². The van der Waals surface area contributed by atoms with Gasteiger partial charge in [-0.05, 0) is 44.1 Å². The van der Waals surface area contributed by atoms with Gasteiger partial charge < -0.3 is 14.7 Å². The Morgan fingerprint density at radius 1 is 1.12 bits per heavy atom. The van der Waals surface area contributed by atoms with Crippen LogP contribution in [-0.2, 0) is 9.53 Å². The van der Waals surface area contributed by atoms with Gasteiger partial charge in [-0.1, -0.05) is 12.8 Å². The van der Waals surface area contributed by atoms with E-state index in [0.29, 0.717) is 37.9 Å². The lowest BCUT2D eigenvalue weighted by Crippen LogP contribution is -2.43. The number of aromatic nitrogens is 2. The number of piperidine rings is 1. The van der Waals surface area contributed by atoms with Gasteiger partial charge in [0.1, 0.15) is 5.69 Å². The molecule has 1 unspecified atom stereocenters. The number of hydrogen-bond donors (Lipinski definition) is 1. The third-order valence-corrected chi connectivity index (χ3v) is 6.27. The molecule has 1 aromatic heterocycles. The monoisotopic (exact) mass is 361 g/mol. The number of amides is 1. The molecule has 0 spiro atoms. The van der Waals surface area contributed by atoms with Crippen molar-refractivity contribution in [3.05, 3.63) is 18.0 Å². The molecular weight excluding hydrogens is 334 g/mol. The number of carbonyl (C=O) groups excluding carboxylic acids is 1. The number of rotatable bonds is 4. The summed E-state index contributed by atoms with van der Waals surface area (Å²) < 4.78 is 7.66. The van der Waals surface area contributed by atoms with Crippen molar-refractivity contribution in [2.45, 2.75) is 57.1 Å². The molecule has 2 atom stereocenters. The van der Waals surface area contributed by atoms with Crippen molar-refractivity contribution in [2.75, 3.05) is 19.7 Å². The molecule has 26 heavy (non-hydrogen) atoms. The van der Waals surface area contributed by atoms with Gasteiger partial charge in [0.05, 0.1) is 18.1 Å². The number of carbonyl (C=O) groups is 2. The van der Waals surface area contributed by atoms with Gasteiger partial charge in [-0.3, -0.25) is 14.3 Å². The molecule has 0 radical (unpaired) electrons. The fourth-order valence-electron chi connectivity index (χ4n) is 4.76. The second-order valence-electron chi connectivity index (χ2n) is 7.82. The molecule has 7 nitrogen and oxygen atoms in total. The van der Waals surface area contributed by atoms with E-state index in [1.54, 1.807) is 0 Å². The lowest BCUT2D eigenvalue weighted by molar-refractivity contribution is -0.145. The molecule has 142 valence electrons. The lowest BCUT2D eigenvalue weighted by atomic mass is 9.84. The van der Waals surface area contributed by atoms with Crippen LogP contribution >= 0.6 is 0 Å². The zero-order valence-electron chi connectivity index (χ0n) is 15.0. The zero-order chi connectivity index (χ0) is 18.1. The van der Waals surface area contributed by atoms with E-state index in [4.69, 9.17) is 4.74 Å². The van der Waals surface area contributed by atoms with Gasteiger partial charge in [0, 0.05) is 25.9 Å². The summed E-state index contributed by atoms with van der Waals surface area (Å²) >= 11 is 0. The predicted octanol–water partition coefficient (Wildman–Crippen LogP) is 2.34. The van der Waals surface area contributed by atoms with Gasteiger partial charge in [-0.25, -0.2) is 0 Å². The maximum Gasteiger partial charge on any atom is 0.309 e. The first-order valence-corrected chi connectivity index (χ1v) is 9.82. The van der Waals surface area contributed by atoms with Crippen LogP contribution in [0.5, 0.6) is 0 Å². The van der Waals surface area contributed by atoms with E-state index in [0.717, 1.165) is 25.7 Å². The molecule has 2 aliphatic heterocycles. The van der Waals surface area contributed by atoms with Crippen LogP contribution in [0.15, 0.2) is 12.3 Å². The minimum Gasteiger partial charge on any atom is -0.481 e. The normalized spacial score (nSPS) is 27.9. The molecule has 1 N–H and O–H groups in total. The Morgan fingerprint density at radius 2 is 1.85 bits per heavy atom. The molecule has 2 saturated heterocycles. The van der Waals surface area contributed by atoms with Crippen LogP contribution < -0.4 is 0 Å². The molecule has 7 heteroatoms. The highest BCUT2D eigenvalue weighted by atomic mass is 16.5. The molecule has 3 fully saturated rings. The number of carboxylic acid groups (broad SMARTS) is 1. The van der Waals surface area contributed by atoms with Gasteiger partial charge in [-0.15, -0.1) is 0 Å². The molecule has 1 amide bonds. The Hall–Kier alpha value is -1.89. The maximum atomic E-state index is 12.8. The highest BCUT2D eigenvalue weighted by Crippen LogP contribution is 2.33. The first-order chi connectivity index (χ1) is 12.6. The summed E-state index contributed by atoms with van der Waals surface area (Å²) in [4.78, 5) is 26.0. The molecular formula is C19H27N3O4. The molecule has 0 bridgehead atoms. The smallest absolute Gasteiger partial charge is 0.309 e. The molecule has 0 aromatic carbocycles. The number of ether oxygens (including phenoxy) is 1. The summed E-state index contributed by atoms with van der Waals surface area (Å²) in [6.45, 7) is 1.82. The van der Waals surface area contributed by atoms with E-state index in [-0.39, 0.29) is 17.9 Å². The quantitative estimate of drug-likeness (QED) is 0.890. The average molecular weight is 361 g/mol. The topological polar surface area (TPSA) is 84.7 Å². The van der Waals surface area contributed by atoms with Crippen LogP contribution in [0.1, 0.15) is 61.5 Å². The van der Waals surface area contributed by atoms with Crippen LogP contribution in [0.25, 0.3) is 0 Å². The third-order valence-electron chi connectivity index (χ3n) is 6.27. The van der Waals surface area contributed by atoms with E-state index in [1.807, 2.05) is 21.8 Å². The summed E-state index contributed by atoms with van der Waals surface area (Å²) in [5.41, 5.74) is 0.524. The molecule has 3 heterocycles. The maximum absolute atomic E-state index is 12.8. The molecule has 1 aromatic rings. The van der Waals surface area contributed by atoms with Crippen LogP contribution in [0, 0.1) is 11.8 Å². The minimum atomic E-state index is -0.761. The SMILES string of the molecule is O=C(O)C1CCO[C@H]1C1CCN(C(=O)c2ccn(C3CCCC3)n2)CC1. The standard InChI is InChI=1S/C19H27N3O4/c23-18(16-7-11-22(20-16)14-3-1-2-4-14)21-9-5-13(6-10-21)17-15(19(24)25)8-12-26-17/h7,11,13-15,17H,1-6,8-10,12H2,(H,24,25)/t15?,17-/m0/s1. The number of nitrogens with zero attached hydrogens (tertiary/aromatic N) is 3. The molecule has 3 aliphatic rings. The van der Waals surface area contributed by atoms with E-state index in [1.165, 1.54) is 12.8 Å². The van der Waals surface area contributed by atoms with E-state index in [9.17, 15) is 14.7 Å². The van der Waals surface area contributed by atoms with Gasteiger partial charge >= 0.3 is 5.97 Å². The highest BCUT2D eigenvalue weighted by Gasteiger charge is 2.41. The third kappa shape index (κ3) is 3.37. The Balaban J connectivity index is 1.34. The first kappa shape index (κ1) is 17.5. The van der Waals surface area contributed by atoms with Crippen molar-refractivity contribution in [1.29, 1.82) is 0 Å². The van der Waals surface area contributed by atoms with E-state index < -0.39 is 11.9 Å². The second kappa shape index (κ2) is 7.39. The zero-order valence-corrected chi connectivity index (χ0v) is 15.0. The summed E-state index contributed by atoms with van der Waals surface area (Å²) in [7, 11) is 0. The van der Waals surface area contributed by atoms with Crippen LogP contribution in [0.3, 0.4) is 0 Å². The van der Waals surface area contributed by atoms with Crippen LogP contribution in [0.4, 0.5) is 0 Å². The van der Waals surface area contributed by atoms with Crippen LogP contribution in [-0.4, -0.2) is 57.5 Å². The lowest BCUT2D eigenvalue weighted by Gasteiger charge is -2.35. The predicted molar refractivity (Wildman–Crippen MR) is 93.8 cm³/mol. The van der Waals surface area contributed by atoms with Gasteiger partial charge in [0.15, 0.2) is 0 Å². The van der Waals surface area contributed by atoms with Crippen molar-refractivity contribution >= 4 is 11.9 Å². The fourth-order valence-corrected chi connectivity index (χ4v) is 4.76. The average Bonchev–Trinajstić information content (AvgIpc) is 3.42. The van der Waals surface area contributed by atoms with Crippen molar-refractivity contribution in [2.24, 2.45) is 11.8 Å². The summed E-state index contributed by atoms with van der Waals surface area (Å²) in [5, 5.41) is 13.9. The Morgan fingerprint density at radius 3 is 2.54 bits per heavy atom. The highest BCUT2D eigenvalue weighted by molar-refractivity contribution is 5.92. The van der Waals surface area contributed by atoms with E-state index >= 15 is 0 Å². The number of likely N-dealkylation sites (tertiary alicyclic amines) is 1.